The van der Waals surface area contributed by atoms with E-state index in [1.807, 2.05) is 0 Å². The number of hydrogen-bond donors (Lipinski definition) is 0. The van der Waals surface area contributed by atoms with Gasteiger partial charge in [-0.1, -0.05) is 11.6 Å². The maximum atomic E-state index is 13.8. The van der Waals surface area contributed by atoms with Gasteiger partial charge in [-0.05, 0) is 64.5 Å². The Balaban J connectivity index is 1.28. The largest absolute Gasteiger partial charge is 0.471 e. The zero-order valence-electron chi connectivity index (χ0n) is 21.1. The van der Waals surface area contributed by atoms with Crippen LogP contribution in [0, 0.1) is 5.92 Å². The van der Waals surface area contributed by atoms with Gasteiger partial charge < -0.3 is 14.4 Å². The second-order valence-corrected chi connectivity index (χ2v) is 11.5. The van der Waals surface area contributed by atoms with E-state index < -0.39 is 17.3 Å². The summed E-state index contributed by atoms with van der Waals surface area (Å²) in [5, 5.41) is -0.0904. The van der Waals surface area contributed by atoms with E-state index in [-0.39, 0.29) is 47.5 Å². The van der Waals surface area contributed by atoms with Crippen molar-refractivity contribution >= 4 is 17.5 Å². The number of nitrogens with zero attached hydrogens (tertiary/aromatic N) is 3. The highest BCUT2D eigenvalue weighted by Crippen LogP contribution is 2.49. The Hall–Kier alpha value is -1.55. The number of ether oxygens (including phenoxy) is 2. The molecule has 200 valence electrons. The Kier molecular flexibility index (Phi) is 6.98. The lowest BCUT2D eigenvalue weighted by molar-refractivity contribution is -0.181. The van der Waals surface area contributed by atoms with E-state index >= 15 is 0 Å². The molecule has 1 saturated carbocycles. The summed E-state index contributed by atoms with van der Waals surface area (Å²) in [6, 6.07) is 3.15. The van der Waals surface area contributed by atoms with Crippen molar-refractivity contribution in [3.8, 4) is 5.75 Å². The average molecular weight is 530 g/mol. The van der Waals surface area contributed by atoms with Gasteiger partial charge in [0.15, 0.2) is 6.73 Å². The van der Waals surface area contributed by atoms with Crippen LogP contribution in [0.3, 0.4) is 0 Å². The van der Waals surface area contributed by atoms with E-state index in [1.54, 1.807) is 0 Å². The molecule has 2 saturated heterocycles. The van der Waals surface area contributed by atoms with Gasteiger partial charge >= 0.3 is 6.18 Å². The summed E-state index contributed by atoms with van der Waals surface area (Å²) < 4.78 is 52.1. The number of alkyl halides is 3. The van der Waals surface area contributed by atoms with Crippen LogP contribution in [0.4, 0.5) is 13.2 Å². The summed E-state index contributed by atoms with van der Waals surface area (Å²) in [5.74, 6) is 0.184. The van der Waals surface area contributed by atoms with Crippen molar-refractivity contribution < 1.29 is 27.4 Å². The smallest absolute Gasteiger partial charge is 0.416 e. The molecule has 1 amide bonds. The lowest BCUT2D eigenvalue weighted by atomic mass is 9.85. The second-order valence-electron chi connectivity index (χ2n) is 11.1. The zero-order chi connectivity index (χ0) is 25.8. The number of fused-ring (bicyclic) bond motifs is 1. The molecule has 3 aliphatic heterocycles. The summed E-state index contributed by atoms with van der Waals surface area (Å²) in [5.41, 5.74) is -1.50. The fourth-order valence-electron chi connectivity index (χ4n) is 6.27. The van der Waals surface area contributed by atoms with Crippen LogP contribution < -0.4 is 4.74 Å². The van der Waals surface area contributed by atoms with Crippen LogP contribution in [0.1, 0.15) is 57.6 Å². The Morgan fingerprint density at radius 3 is 2.53 bits per heavy atom. The zero-order valence-corrected chi connectivity index (χ0v) is 21.9. The van der Waals surface area contributed by atoms with Crippen LogP contribution in [0.2, 0.25) is 5.02 Å². The molecule has 0 aromatic heterocycles. The minimum atomic E-state index is -4.53. The minimum Gasteiger partial charge on any atom is -0.471 e. The molecule has 0 bridgehead atoms. The van der Waals surface area contributed by atoms with Gasteiger partial charge in [-0.25, -0.2) is 0 Å². The van der Waals surface area contributed by atoms with Gasteiger partial charge in [0, 0.05) is 43.3 Å². The molecule has 36 heavy (non-hydrogen) atoms. The quantitative estimate of drug-likeness (QED) is 0.562. The second kappa shape index (κ2) is 9.64. The standard InChI is InChI=1S/C26H35ClF3N3O3/c1-16(2)33-9-8-31(12-17(33)3)21-6-7-25(36-14-21,19-4-5-19)24(34)32-13-18-10-20(26(28,29)30)11-22(27)23(18)35-15-32/h10-11,16-17,19,21H,4-9,12-15H2,1-3H3/t17-,21+,25-/m0/s1. The fraction of sp³-hybridized carbons (Fsp3) is 0.731. The number of rotatable bonds is 4. The van der Waals surface area contributed by atoms with Crippen LogP contribution in [-0.4, -0.2) is 77.3 Å². The topological polar surface area (TPSA) is 45.2 Å². The first-order valence-electron chi connectivity index (χ1n) is 12.9. The van der Waals surface area contributed by atoms with Crippen LogP contribution >= 0.6 is 11.6 Å². The van der Waals surface area contributed by atoms with E-state index in [4.69, 9.17) is 21.1 Å². The summed E-state index contributed by atoms with van der Waals surface area (Å²) in [6.07, 6.45) is -1.19. The molecule has 1 aliphatic carbocycles. The summed E-state index contributed by atoms with van der Waals surface area (Å²) in [7, 11) is 0. The highest BCUT2D eigenvalue weighted by Gasteiger charge is 2.56. The molecule has 3 heterocycles. The van der Waals surface area contributed by atoms with Gasteiger partial charge in [0.2, 0.25) is 0 Å². The van der Waals surface area contributed by atoms with Gasteiger partial charge in [0.25, 0.3) is 5.91 Å². The van der Waals surface area contributed by atoms with Crippen molar-refractivity contribution in [3.63, 3.8) is 0 Å². The van der Waals surface area contributed by atoms with Gasteiger partial charge in [-0.3, -0.25) is 14.6 Å². The maximum absolute atomic E-state index is 13.8. The van der Waals surface area contributed by atoms with Crippen molar-refractivity contribution in [1.29, 1.82) is 0 Å². The van der Waals surface area contributed by atoms with E-state index in [1.165, 1.54) is 4.90 Å². The molecule has 3 atom stereocenters. The maximum Gasteiger partial charge on any atom is 0.416 e. The van der Waals surface area contributed by atoms with Crippen LogP contribution in [0.5, 0.6) is 5.75 Å². The minimum absolute atomic E-state index is 0.0216. The fourth-order valence-corrected chi connectivity index (χ4v) is 6.56. The molecular weight excluding hydrogens is 495 g/mol. The van der Waals surface area contributed by atoms with E-state index in [0.29, 0.717) is 25.1 Å². The first-order valence-corrected chi connectivity index (χ1v) is 13.3. The molecule has 1 aromatic carbocycles. The van der Waals surface area contributed by atoms with Crippen LogP contribution in [0.25, 0.3) is 0 Å². The predicted octanol–water partition coefficient (Wildman–Crippen LogP) is 4.78. The lowest BCUT2D eigenvalue weighted by Crippen LogP contribution is -2.61. The Labute approximate surface area is 215 Å². The monoisotopic (exact) mass is 529 g/mol. The van der Waals surface area contributed by atoms with Crippen molar-refractivity contribution in [2.24, 2.45) is 5.92 Å². The number of halogens is 4. The molecule has 5 rings (SSSR count). The molecule has 0 radical (unpaired) electrons. The SMILES string of the molecule is CC(C)N1CCN([C@@H]2CC[C@@](C(=O)N3COc4c(Cl)cc(C(F)(F)F)cc4C3)(C3CC3)OC2)C[C@@H]1C. The number of piperazine rings is 1. The van der Waals surface area contributed by atoms with Gasteiger partial charge in [0.1, 0.15) is 11.4 Å². The Morgan fingerprint density at radius 2 is 1.94 bits per heavy atom. The predicted molar refractivity (Wildman–Crippen MR) is 130 cm³/mol. The highest BCUT2D eigenvalue weighted by molar-refractivity contribution is 6.32. The van der Waals surface area contributed by atoms with Crippen molar-refractivity contribution in [2.75, 3.05) is 33.0 Å². The summed E-state index contributed by atoms with van der Waals surface area (Å²) >= 11 is 6.08. The molecule has 10 heteroatoms. The normalized spacial score (nSPS) is 30.3. The highest BCUT2D eigenvalue weighted by atomic mass is 35.5. The Bertz CT molecular complexity index is 993. The van der Waals surface area contributed by atoms with Crippen molar-refractivity contribution in [3.05, 3.63) is 28.3 Å². The van der Waals surface area contributed by atoms with Gasteiger partial charge in [0.05, 0.1) is 23.7 Å². The molecule has 4 aliphatic rings. The van der Waals surface area contributed by atoms with E-state index in [2.05, 4.69) is 30.6 Å². The molecule has 6 nitrogen and oxygen atoms in total. The van der Waals surface area contributed by atoms with Gasteiger partial charge in [-0.2, -0.15) is 13.2 Å². The molecule has 0 N–H and O–H groups in total. The third-order valence-corrected chi connectivity index (χ3v) is 8.61. The van der Waals surface area contributed by atoms with Crippen molar-refractivity contribution in [1.82, 2.24) is 14.7 Å². The molecular formula is C26H35ClF3N3O3. The number of carbonyl (C=O) groups excluding carboxylic acids is 1. The first-order chi connectivity index (χ1) is 17.0. The lowest BCUT2D eigenvalue weighted by Gasteiger charge is -2.49. The molecule has 1 aromatic rings. The Morgan fingerprint density at radius 1 is 1.19 bits per heavy atom. The number of amides is 1. The third kappa shape index (κ3) is 4.84. The van der Waals surface area contributed by atoms with E-state index in [9.17, 15) is 18.0 Å². The molecule has 3 fully saturated rings. The number of carbonyl (C=O) groups is 1. The van der Waals surface area contributed by atoms with E-state index in [0.717, 1.165) is 51.0 Å². The van der Waals surface area contributed by atoms with Gasteiger partial charge in [-0.15, -0.1) is 0 Å². The van der Waals surface area contributed by atoms with Crippen LogP contribution in [-0.2, 0) is 22.3 Å². The number of hydrogen-bond acceptors (Lipinski definition) is 5. The first kappa shape index (κ1) is 26.1. The van der Waals surface area contributed by atoms with Crippen molar-refractivity contribution in [2.45, 2.75) is 82.9 Å². The van der Waals surface area contributed by atoms with Crippen LogP contribution in [0.15, 0.2) is 12.1 Å². The average Bonchev–Trinajstić information content (AvgIpc) is 3.68. The number of benzene rings is 1. The molecule has 0 spiro atoms. The third-order valence-electron chi connectivity index (χ3n) is 8.33. The summed E-state index contributed by atoms with van der Waals surface area (Å²) in [4.78, 5) is 20.3. The molecule has 0 unspecified atom stereocenters. The summed E-state index contributed by atoms with van der Waals surface area (Å²) in [6.45, 7) is 10.2.